The first-order chi connectivity index (χ1) is 30.6. The van der Waals surface area contributed by atoms with Gasteiger partial charge in [0.05, 0.1) is 42.3 Å². The molecule has 0 radical (unpaired) electrons. The van der Waals surface area contributed by atoms with Crippen LogP contribution in [0.25, 0.3) is 5.65 Å². The Morgan fingerprint density at radius 1 is 0.937 bits per heavy atom. The molecule has 20 heteroatoms. The number of rotatable bonds is 14. The van der Waals surface area contributed by atoms with E-state index in [1.54, 1.807) is 29.1 Å². The van der Waals surface area contributed by atoms with Gasteiger partial charge in [-0.15, -0.1) is 0 Å². The fourth-order valence-corrected chi connectivity index (χ4v) is 9.53. The van der Waals surface area contributed by atoms with Crippen LogP contribution < -0.4 is 26.2 Å². The lowest BCUT2D eigenvalue weighted by atomic mass is 9.86. The molecule has 0 bridgehead atoms. The fraction of sp³-hybridized carbons (Fsp3) is 0.535. The van der Waals surface area contributed by atoms with Gasteiger partial charge in [0, 0.05) is 56.7 Å². The molecule has 7 heterocycles. The van der Waals surface area contributed by atoms with Crippen molar-refractivity contribution in [3.05, 3.63) is 65.2 Å². The predicted molar refractivity (Wildman–Crippen MR) is 226 cm³/mol. The summed E-state index contributed by atoms with van der Waals surface area (Å²) in [4.78, 5) is 74.5. The van der Waals surface area contributed by atoms with E-state index < -0.39 is 47.7 Å². The summed E-state index contributed by atoms with van der Waals surface area (Å²) in [7, 11) is 0. The first-order valence-corrected chi connectivity index (χ1v) is 22.0. The number of fused-ring (bicyclic) bond motifs is 2. The Labute approximate surface area is 362 Å². The maximum Gasteiger partial charge on any atom is 0.284 e. The van der Waals surface area contributed by atoms with Crippen LogP contribution in [0.3, 0.4) is 0 Å². The van der Waals surface area contributed by atoms with E-state index >= 15 is 0 Å². The minimum absolute atomic E-state index is 0.0170. The van der Waals surface area contributed by atoms with Crippen LogP contribution in [-0.2, 0) is 14.3 Å². The van der Waals surface area contributed by atoms with Crippen molar-refractivity contribution in [1.29, 1.82) is 0 Å². The zero-order valence-corrected chi connectivity index (χ0v) is 34.9. The number of hydrogen-bond donors (Lipinski definition) is 4. The minimum atomic E-state index is -2.86. The molecule has 3 aromatic heterocycles. The van der Waals surface area contributed by atoms with Gasteiger partial charge in [0.15, 0.2) is 11.3 Å². The van der Waals surface area contributed by atoms with Crippen molar-refractivity contribution in [3.63, 3.8) is 0 Å². The summed E-state index contributed by atoms with van der Waals surface area (Å²) in [5.41, 5.74) is 1.17. The quantitative estimate of drug-likeness (QED) is 0.106. The molecule has 0 spiro atoms. The number of benzene rings is 1. The number of aromatic nitrogens is 5. The van der Waals surface area contributed by atoms with E-state index in [0.717, 1.165) is 82.6 Å². The molecule has 5 amide bonds. The predicted octanol–water partition coefficient (Wildman–Crippen LogP) is 3.64. The third kappa shape index (κ3) is 9.01. The van der Waals surface area contributed by atoms with Crippen LogP contribution >= 0.6 is 0 Å². The number of ether oxygens (including phenoxy) is 1. The number of alkyl halides is 2. The molecular weight excluding hydrogens is 819 g/mol. The SMILES string of the molecule is O=C1CCC(N2C(=O)c3cccc(NC4CCN(CCCNC[C@H]5CC[C@H](n6cc(NC(=O)c7cnn8ccc(N9CCOCC9)nc78)c(C(F)F)n6)CC5)CC4)c3C2=O)C(=O)N1. The normalized spacial score (nSPS) is 22.6. The highest BCUT2D eigenvalue weighted by atomic mass is 19.3. The second-order valence-electron chi connectivity index (χ2n) is 17.0. The zero-order valence-electron chi connectivity index (χ0n) is 34.9. The molecule has 18 nitrogen and oxygen atoms in total. The molecule has 1 atom stereocenters. The van der Waals surface area contributed by atoms with Gasteiger partial charge in [0.2, 0.25) is 11.8 Å². The van der Waals surface area contributed by atoms with Gasteiger partial charge < -0.3 is 30.5 Å². The summed E-state index contributed by atoms with van der Waals surface area (Å²) in [6.07, 6.45) is 8.16. The first kappa shape index (κ1) is 42.4. The molecule has 4 N–H and O–H groups in total. The number of nitrogens with one attached hydrogen (secondary N) is 4. The lowest BCUT2D eigenvalue weighted by Crippen LogP contribution is -2.54. The molecule has 1 aromatic carbocycles. The molecule has 63 heavy (non-hydrogen) atoms. The summed E-state index contributed by atoms with van der Waals surface area (Å²) in [5, 5.41) is 20.5. The molecule has 1 unspecified atom stereocenters. The van der Waals surface area contributed by atoms with Crippen molar-refractivity contribution in [2.75, 3.05) is 74.6 Å². The maximum atomic E-state index is 14.2. The molecule has 334 valence electrons. The van der Waals surface area contributed by atoms with Crippen molar-refractivity contribution in [3.8, 4) is 0 Å². The molecular formula is C43H52F2N12O6. The molecule has 5 aliphatic rings. The van der Waals surface area contributed by atoms with Crippen LogP contribution in [0.4, 0.5) is 26.0 Å². The monoisotopic (exact) mass is 870 g/mol. The number of imide groups is 2. The number of likely N-dealkylation sites (tertiary alicyclic amines) is 1. The van der Waals surface area contributed by atoms with Gasteiger partial charge in [-0.3, -0.25) is 38.9 Å². The molecule has 4 fully saturated rings. The first-order valence-electron chi connectivity index (χ1n) is 22.0. The molecule has 1 aliphatic carbocycles. The Hall–Kier alpha value is -5.86. The second kappa shape index (κ2) is 18.5. The largest absolute Gasteiger partial charge is 0.382 e. The average Bonchev–Trinajstić information content (AvgIpc) is 3.99. The fourth-order valence-electron chi connectivity index (χ4n) is 9.53. The van der Waals surface area contributed by atoms with Crippen LogP contribution in [0.5, 0.6) is 0 Å². The highest BCUT2D eigenvalue weighted by Crippen LogP contribution is 2.36. The van der Waals surface area contributed by atoms with E-state index in [4.69, 9.17) is 4.74 Å². The van der Waals surface area contributed by atoms with Crippen molar-refractivity contribution in [2.45, 2.75) is 82.3 Å². The summed E-state index contributed by atoms with van der Waals surface area (Å²) < 4.78 is 36.9. The van der Waals surface area contributed by atoms with E-state index in [2.05, 4.69) is 46.2 Å². The van der Waals surface area contributed by atoms with Gasteiger partial charge in [-0.25, -0.2) is 18.3 Å². The van der Waals surface area contributed by atoms with Gasteiger partial charge in [-0.2, -0.15) is 10.2 Å². The summed E-state index contributed by atoms with van der Waals surface area (Å²) in [6.45, 7) is 7.01. The van der Waals surface area contributed by atoms with Crippen molar-refractivity contribution in [1.82, 2.24) is 44.8 Å². The van der Waals surface area contributed by atoms with E-state index in [1.807, 2.05) is 6.07 Å². The van der Waals surface area contributed by atoms with E-state index in [9.17, 15) is 32.8 Å². The number of carbonyl (C=O) groups excluding carboxylic acids is 5. The Kier molecular flexibility index (Phi) is 12.4. The topological polar surface area (TPSA) is 200 Å². The Balaban J connectivity index is 0.697. The number of morpholine rings is 1. The van der Waals surface area contributed by atoms with Crippen molar-refractivity contribution in [2.24, 2.45) is 5.92 Å². The van der Waals surface area contributed by atoms with Gasteiger partial charge in [-0.05, 0) is 95.1 Å². The van der Waals surface area contributed by atoms with Gasteiger partial charge >= 0.3 is 0 Å². The van der Waals surface area contributed by atoms with E-state index in [-0.39, 0.29) is 47.3 Å². The molecule has 1 saturated carbocycles. The van der Waals surface area contributed by atoms with Gasteiger partial charge in [0.1, 0.15) is 17.4 Å². The molecule has 4 aliphatic heterocycles. The Morgan fingerprint density at radius 3 is 2.49 bits per heavy atom. The van der Waals surface area contributed by atoms with Crippen LogP contribution in [0.1, 0.15) is 107 Å². The summed E-state index contributed by atoms with van der Waals surface area (Å²) in [5.74, 6) is -1.48. The third-order valence-electron chi connectivity index (χ3n) is 13.0. The van der Waals surface area contributed by atoms with Crippen LogP contribution in [0, 0.1) is 5.92 Å². The maximum absolute atomic E-state index is 14.2. The zero-order chi connectivity index (χ0) is 43.6. The number of halogens is 2. The summed E-state index contributed by atoms with van der Waals surface area (Å²) in [6, 6.07) is 6.04. The van der Waals surface area contributed by atoms with E-state index in [1.165, 1.54) is 16.9 Å². The van der Waals surface area contributed by atoms with Crippen molar-refractivity contribution < 1.29 is 37.5 Å². The highest BCUT2D eigenvalue weighted by molar-refractivity contribution is 6.25. The molecule has 9 rings (SSSR count). The number of anilines is 3. The number of nitrogens with zero attached hydrogens (tertiary/aromatic N) is 8. The number of piperidine rings is 2. The number of amides is 5. The minimum Gasteiger partial charge on any atom is -0.382 e. The number of hydrogen-bond acceptors (Lipinski definition) is 13. The van der Waals surface area contributed by atoms with E-state index in [0.29, 0.717) is 49.4 Å². The lowest BCUT2D eigenvalue weighted by molar-refractivity contribution is -0.136. The van der Waals surface area contributed by atoms with Gasteiger partial charge in [-0.1, -0.05) is 6.07 Å². The second-order valence-corrected chi connectivity index (χ2v) is 17.0. The highest BCUT2D eigenvalue weighted by Gasteiger charge is 2.46. The smallest absolute Gasteiger partial charge is 0.284 e. The number of carbonyl (C=O) groups is 5. The Morgan fingerprint density at radius 2 is 1.73 bits per heavy atom. The average molecular weight is 871 g/mol. The lowest BCUT2D eigenvalue weighted by Gasteiger charge is -2.33. The van der Waals surface area contributed by atoms with Crippen LogP contribution in [0.15, 0.2) is 42.9 Å². The van der Waals surface area contributed by atoms with Crippen LogP contribution in [0.2, 0.25) is 0 Å². The third-order valence-corrected chi connectivity index (χ3v) is 13.0. The van der Waals surface area contributed by atoms with Crippen molar-refractivity contribution >= 4 is 52.4 Å². The van der Waals surface area contributed by atoms with Gasteiger partial charge in [0.25, 0.3) is 24.1 Å². The molecule has 4 aromatic rings. The van der Waals surface area contributed by atoms with Crippen LogP contribution in [-0.4, -0.2) is 135 Å². The summed E-state index contributed by atoms with van der Waals surface area (Å²) >= 11 is 0. The standard InChI is InChI=1S/C43H52F2N12O6/c44-38(45)37-32(49-40(59)30-24-47-55-18-13-34(50-39(30)55)54-19-21-63-22-20-54)25-56(52-37)28-7-5-26(6-8-28)23-46-14-2-15-53-16-11-27(12-17-53)48-31-4-1-3-29-36(31)43(62)57(42(29)61)33-9-10-35(58)51-41(33)60/h1,3-4,13,18,24-28,33,38,46,48H,2,5-12,14-17,19-23H2,(H,49,59)(H,51,58,60)/t26-,28-,33?. The molecule has 3 saturated heterocycles. The Bertz CT molecular complexity index is 2370.